The average molecular weight is 391 g/mol. The molecule has 0 atom stereocenters. The molecule has 5 rings (SSSR count). The van der Waals surface area contributed by atoms with Crippen molar-refractivity contribution in [3.05, 3.63) is 108 Å². The molecule has 0 saturated carbocycles. The Labute approximate surface area is 178 Å². The normalized spacial score (nSPS) is 13.6. The smallest absolute Gasteiger partial charge is 0.0464 e. The molecule has 0 saturated heterocycles. The van der Waals surface area contributed by atoms with Gasteiger partial charge < -0.3 is 11.1 Å². The summed E-state index contributed by atoms with van der Waals surface area (Å²) in [6, 6.07) is 32.4. The predicted molar refractivity (Wildman–Crippen MR) is 127 cm³/mol. The number of para-hydroxylation sites is 1. The fourth-order valence-corrected chi connectivity index (χ4v) is 4.74. The lowest BCUT2D eigenvalue weighted by Gasteiger charge is -2.22. The highest BCUT2D eigenvalue weighted by Crippen LogP contribution is 2.52. The number of hydrogen-bond acceptors (Lipinski definition) is 2. The van der Waals surface area contributed by atoms with Gasteiger partial charge in [0.2, 0.25) is 0 Å². The lowest BCUT2D eigenvalue weighted by atomic mass is 9.82. The van der Waals surface area contributed by atoms with Crippen molar-refractivity contribution in [2.75, 3.05) is 5.32 Å². The van der Waals surface area contributed by atoms with Crippen molar-refractivity contribution < 1.29 is 0 Å². The minimum Gasteiger partial charge on any atom is -0.355 e. The van der Waals surface area contributed by atoms with E-state index in [1.807, 2.05) is 6.07 Å². The zero-order valence-electron chi connectivity index (χ0n) is 17.4. The van der Waals surface area contributed by atoms with Crippen LogP contribution in [0.25, 0.3) is 22.3 Å². The van der Waals surface area contributed by atoms with Gasteiger partial charge in [0.1, 0.15) is 0 Å². The number of nitrogens with two attached hydrogens (primary N) is 1. The van der Waals surface area contributed by atoms with E-state index in [0.29, 0.717) is 6.54 Å². The summed E-state index contributed by atoms with van der Waals surface area (Å²) in [5.74, 6) is 0. The maximum atomic E-state index is 5.84. The molecule has 148 valence electrons. The van der Waals surface area contributed by atoms with Gasteiger partial charge >= 0.3 is 0 Å². The van der Waals surface area contributed by atoms with E-state index in [2.05, 4.69) is 104 Å². The van der Waals surface area contributed by atoms with Crippen molar-refractivity contribution in [3.8, 4) is 22.3 Å². The Balaban J connectivity index is 1.67. The standard InChI is InChI=1S/C28H26N2/c1-28(2)24-14-5-3-12-23(24)27-22(13-8-15-25(27)28)21-11-4-6-16-26(21)30-20-10-7-9-19(17-20)18-29/h3-17,30H,18,29H2,1-2H3. The molecule has 0 fully saturated rings. The van der Waals surface area contributed by atoms with Crippen molar-refractivity contribution in [1.29, 1.82) is 0 Å². The van der Waals surface area contributed by atoms with E-state index in [9.17, 15) is 0 Å². The summed E-state index contributed by atoms with van der Waals surface area (Å²) in [4.78, 5) is 0. The molecule has 1 aliphatic carbocycles. The molecule has 0 radical (unpaired) electrons. The second-order valence-corrected chi connectivity index (χ2v) is 8.47. The average Bonchev–Trinajstić information content (AvgIpc) is 3.02. The Bertz CT molecular complexity index is 1240. The summed E-state index contributed by atoms with van der Waals surface area (Å²) < 4.78 is 0. The van der Waals surface area contributed by atoms with Gasteiger partial charge in [-0.1, -0.05) is 86.6 Å². The Morgan fingerprint density at radius 2 is 1.37 bits per heavy atom. The molecule has 0 unspecified atom stereocenters. The van der Waals surface area contributed by atoms with Gasteiger partial charge in [-0.25, -0.2) is 0 Å². The molecule has 2 nitrogen and oxygen atoms in total. The Kier molecular flexibility index (Phi) is 4.45. The molecule has 0 bridgehead atoms. The quantitative estimate of drug-likeness (QED) is 0.399. The van der Waals surface area contributed by atoms with Crippen LogP contribution in [0.3, 0.4) is 0 Å². The second-order valence-electron chi connectivity index (χ2n) is 8.47. The Morgan fingerprint density at radius 3 is 2.20 bits per heavy atom. The number of benzene rings is 4. The van der Waals surface area contributed by atoms with Crippen LogP contribution < -0.4 is 11.1 Å². The second kappa shape index (κ2) is 7.16. The van der Waals surface area contributed by atoms with Gasteiger partial charge in [-0.15, -0.1) is 0 Å². The van der Waals surface area contributed by atoms with Crippen molar-refractivity contribution in [2.45, 2.75) is 25.8 Å². The van der Waals surface area contributed by atoms with Gasteiger partial charge in [0.25, 0.3) is 0 Å². The molecule has 1 aliphatic rings. The van der Waals surface area contributed by atoms with E-state index in [-0.39, 0.29) is 5.41 Å². The minimum absolute atomic E-state index is 0.000232. The fourth-order valence-electron chi connectivity index (χ4n) is 4.74. The van der Waals surface area contributed by atoms with E-state index in [4.69, 9.17) is 5.73 Å². The number of nitrogens with one attached hydrogen (secondary N) is 1. The van der Waals surface area contributed by atoms with Gasteiger partial charge in [-0.2, -0.15) is 0 Å². The van der Waals surface area contributed by atoms with Crippen LogP contribution in [0.15, 0.2) is 91.0 Å². The number of rotatable bonds is 4. The van der Waals surface area contributed by atoms with Crippen molar-refractivity contribution in [1.82, 2.24) is 0 Å². The first-order chi connectivity index (χ1) is 14.6. The van der Waals surface area contributed by atoms with E-state index in [1.165, 1.54) is 33.4 Å². The van der Waals surface area contributed by atoms with Crippen molar-refractivity contribution >= 4 is 11.4 Å². The first kappa shape index (κ1) is 18.7. The van der Waals surface area contributed by atoms with E-state index in [0.717, 1.165) is 16.9 Å². The molecule has 30 heavy (non-hydrogen) atoms. The first-order valence-corrected chi connectivity index (χ1v) is 10.5. The van der Waals surface area contributed by atoms with Crippen LogP contribution in [-0.4, -0.2) is 0 Å². The SMILES string of the molecule is CC1(C)c2ccccc2-c2c(-c3ccccc3Nc3cccc(CN)c3)cccc21. The van der Waals surface area contributed by atoms with Crippen molar-refractivity contribution in [2.24, 2.45) is 5.73 Å². The lowest BCUT2D eigenvalue weighted by Crippen LogP contribution is -2.14. The molecule has 0 aromatic heterocycles. The molecule has 0 heterocycles. The largest absolute Gasteiger partial charge is 0.355 e. The van der Waals surface area contributed by atoms with Gasteiger partial charge in [0, 0.05) is 28.9 Å². The van der Waals surface area contributed by atoms with Crippen LogP contribution >= 0.6 is 0 Å². The number of fused-ring (bicyclic) bond motifs is 3. The molecule has 3 N–H and O–H groups in total. The molecule has 0 aliphatic heterocycles. The summed E-state index contributed by atoms with van der Waals surface area (Å²) in [7, 11) is 0. The molecule has 0 spiro atoms. The van der Waals surface area contributed by atoms with Gasteiger partial charge in [0.05, 0.1) is 0 Å². The topological polar surface area (TPSA) is 38.0 Å². The highest BCUT2D eigenvalue weighted by molar-refractivity contribution is 5.96. The Hall–Kier alpha value is -3.36. The fraction of sp³-hybridized carbons (Fsp3) is 0.143. The van der Waals surface area contributed by atoms with E-state index < -0.39 is 0 Å². The molecule has 4 aromatic rings. The van der Waals surface area contributed by atoms with Crippen LogP contribution in [-0.2, 0) is 12.0 Å². The Morgan fingerprint density at radius 1 is 0.700 bits per heavy atom. The highest BCUT2D eigenvalue weighted by atomic mass is 14.9. The summed E-state index contributed by atoms with van der Waals surface area (Å²) in [5, 5.41) is 3.63. The van der Waals surface area contributed by atoms with Crippen LogP contribution in [0.5, 0.6) is 0 Å². The van der Waals surface area contributed by atoms with Crippen molar-refractivity contribution in [3.63, 3.8) is 0 Å². The number of hydrogen-bond donors (Lipinski definition) is 2. The van der Waals surface area contributed by atoms with Gasteiger partial charge in [-0.05, 0) is 51.6 Å². The van der Waals surface area contributed by atoms with Crippen LogP contribution in [0.4, 0.5) is 11.4 Å². The summed E-state index contributed by atoms with van der Waals surface area (Å²) in [6.45, 7) is 5.18. The molecule has 2 heteroatoms. The monoisotopic (exact) mass is 390 g/mol. The molecular weight excluding hydrogens is 364 g/mol. The van der Waals surface area contributed by atoms with Crippen LogP contribution in [0.1, 0.15) is 30.5 Å². The lowest BCUT2D eigenvalue weighted by molar-refractivity contribution is 0.660. The molecule has 0 amide bonds. The zero-order chi connectivity index (χ0) is 20.7. The van der Waals surface area contributed by atoms with E-state index in [1.54, 1.807) is 0 Å². The predicted octanol–water partition coefficient (Wildman–Crippen LogP) is 6.86. The van der Waals surface area contributed by atoms with Crippen LogP contribution in [0, 0.1) is 0 Å². The maximum absolute atomic E-state index is 5.84. The van der Waals surface area contributed by atoms with Crippen LogP contribution in [0.2, 0.25) is 0 Å². The highest BCUT2D eigenvalue weighted by Gasteiger charge is 2.36. The molecular formula is C28H26N2. The zero-order valence-corrected chi connectivity index (χ0v) is 17.4. The number of anilines is 2. The maximum Gasteiger partial charge on any atom is 0.0464 e. The summed E-state index contributed by atoms with van der Waals surface area (Å²) in [6.07, 6.45) is 0. The molecule has 4 aromatic carbocycles. The third-order valence-corrected chi connectivity index (χ3v) is 6.27. The van der Waals surface area contributed by atoms with Gasteiger partial charge in [0.15, 0.2) is 0 Å². The summed E-state index contributed by atoms with van der Waals surface area (Å²) in [5.41, 5.74) is 17.1. The van der Waals surface area contributed by atoms with E-state index >= 15 is 0 Å². The first-order valence-electron chi connectivity index (χ1n) is 10.5. The third-order valence-electron chi connectivity index (χ3n) is 6.27. The summed E-state index contributed by atoms with van der Waals surface area (Å²) >= 11 is 0. The van der Waals surface area contributed by atoms with Gasteiger partial charge in [-0.3, -0.25) is 0 Å². The third kappa shape index (κ3) is 2.92. The minimum atomic E-state index is -0.000232.